The van der Waals surface area contributed by atoms with Crippen molar-refractivity contribution in [3.05, 3.63) is 71.5 Å². The molecule has 0 spiro atoms. The second-order valence-corrected chi connectivity index (χ2v) is 4.77. The second kappa shape index (κ2) is 5.43. The fourth-order valence-electron chi connectivity index (χ4n) is 1.69. The van der Waals surface area contributed by atoms with Gasteiger partial charge < -0.3 is 5.11 Å². The Kier molecular flexibility index (Phi) is 3.92. The third-order valence-electron chi connectivity index (χ3n) is 2.62. The molecule has 0 saturated heterocycles. The maximum atomic E-state index is 13.5. The Labute approximate surface area is 108 Å². The Morgan fingerprint density at radius 1 is 0.941 bits per heavy atom. The zero-order valence-electron chi connectivity index (χ0n) is 9.05. The number of aliphatic hydroxyl groups excluding tert-OH is 1. The van der Waals surface area contributed by atoms with Crippen molar-refractivity contribution < 1.29 is 9.50 Å². The van der Waals surface area contributed by atoms with Gasteiger partial charge in [0.2, 0.25) is 0 Å². The van der Waals surface area contributed by atoms with Gasteiger partial charge in [-0.2, -0.15) is 0 Å². The van der Waals surface area contributed by atoms with E-state index in [4.69, 9.17) is 0 Å². The molecule has 0 aliphatic heterocycles. The summed E-state index contributed by atoms with van der Waals surface area (Å²) in [5.74, 6) is -0.389. The minimum Gasteiger partial charge on any atom is -0.387 e. The normalized spacial score (nSPS) is 14.3. The summed E-state index contributed by atoms with van der Waals surface area (Å²) in [5.41, 5.74) is 1.22. The fraction of sp³-hybridized carbons (Fsp3) is 0.143. The molecule has 0 aliphatic carbocycles. The van der Waals surface area contributed by atoms with E-state index in [9.17, 15) is 9.50 Å². The molecule has 2 aromatic rings. The Balaban J connectivity index is 2.27. The molecule has 0 amide bonds. The van der Waals surface area contributed by atoms with Crippen LogP contribution in [0, 0.1) is 5.82 Å². The Hall–Kier alpha value is -1.19. The standard InChI is InChI=1S/C14H12BrFO/c15-13(10-6-2-1-3-7-10)14(17)11-8-4-5-9-12(11)16/h1-9,13-14,17H/t13-,14-/m0/s1. The molecule has 3 heteroatoms. The van der Waals surface area contributed by atoms with Gasteiger partial charge in [0, 0.05) is 5.56 Å². The lowest BCUT2D eigenvalue weighted by Crippen LogP contribution is -2.07. The molecule has 0 bridgehead atoms. The van der Waals surface area contributed by atoms with E-state index >= 15 is 0 Å². The van der Waals surface area contributed by atoms with Gasteiger partial charge >= 0.3 is 0 Å². The van der Waals surface area contributed by atoms with Gasteiger partial charge in [-0.1, -0.05) is 64.5 Å². The molecule has 2 atom stereocenters. The number of halogens is 2. The summed E-state index contributed by atoms with van der Waals surface area (Å²) in [4.78, 5) is -0.319. The van der Waals surface area contributed by atoms with E-state index in [1.165, 1.54) is 6.07 Å². The third kappa shape index (κ3) is 2.73. The van der Waals surface area contributed by atoms with Crippen LogP contribution in [0.15, 0.2) is 54.6 Å². The monoisotopic (exact) mass is 294 g/mol. The van der Waals surface area contributed by atoms with Crippen LogP contribution in [-0.4, -0.2) is 5.11 Å². The van der Waals surface area contributed by atoms with Gasteiger partial charge in [-0.25, -0.2) is 4.39 Å². The van der Waals surface area contributed by atoms with Gasteiger partial charge in [0.25, 0.3) is 0 Å². The van der Waals surface area contributed by atoms with E-state index in [0.29, 0.717) is 5.56 Å². The number of alkyl halides is 1. The largest absolute Gasteiger partial charge is 0.387 e. The molecule has 0 unspecified atom stereocenters. The zero-order chi connectivity index (χ0) is 12.3. The molecule has 17 heavy (non-hydrogen) atoms. The van der Waals surface area contributed by atoms with E-state index in [1.54, 1.807) is 18.2 Å². The molecule has 2 aromatic carbocycles. The third-order valence-corrected chi connectivity index (χ3v) is 3.65. The molecule has 0 heterocycles. The Morgan fingerprint density at radius 3 is 2.18 bits per heavy atom. The summed E-state index contributed by atoms with van der Waals surface area (Å²) < 4.78 is 13.5. The second-order valence-electron chi connectivity index (χ2n) is 3.78. The van der Waals surface area contributed by atoms with Crippen molar-refractivity contribution in [1.82, 2.24) is 0 Å². The Morgan fingerprint density at radius 2 is 1.53 bits per heavy atom. The summed E-state index contributed by atoms with van der Waals surface area (Å²) >= 11 is 3.41. The summed E-state index contributed by atoms with van der Waals surface area (Å²) in [5, 5.41) is 10.1. The highest BCUT2D eigenvalue weighted by Crippen LogP contribution is 2.36. The first-order valence-electron chi connectivity index (χ1n) is 5.31. The molecule has 1 N–H and O–H groups in total. The van der Waals surface area contributed by atoms with Crippen molar-refractivity contribution in [2.75, 3.05) is 0 Å². The van der Waals surface area contributed by atoms with E-state index in [2.05, 4.69) is 15.9 Å². The zero-order valence-corrected chi connectivity index (χ0v) is 10.6. The molecule has 2 rings (SSSR count). The summed E-state index contributed by atoms with van der Waals surface area (Å²) in [6.45, 7) is 0. The van der Waals surface area contributed by atoms with Crippen molar-refractivity contribution >= 4 is 15.9 Å². The van der Waals surface area contributed by atoms with E-state index < -0.39 is 6.10 Å². The van der Waals surface area contributed by atoms with Crippen molar-refractivity contribution in [1.29, 1.82) is 0 Å². The first-order chi connectivity index (χ1) is 8.20. The predicted molar refractivity (Wildman–Crippen MR) is 69.5 cm³/mol. The van der Waals surface area contributed by atoms with Gasteiger partial charge in [-0.05, 0) is 11.6 Å². The van der Waals surface area contributed by atoms with Crippen LogP contribution in [0.25, 0.3) is 0 Å². The van der Waals surface area contributed by atoms with Gasteiger partial charge in [-0.3, -0.25) is 0 Å². The highest BCUT2D eigenvalue weighted by atomic mass is 79.9. The van der Waals surface area contributed by atoms with Crippen LogP contribution in [0.1, 0.15) is 22.1 Å². The van der Waals surface area contributed by atoms with Crippen molar-refractivity contribution in [3.63, 3.8) is 0 Å². The van der Waals surface area contributed by atoms with Gasteiger partial charge in [0.05, 0.1) is 10.9 Å². The van der Waals surface area contributed by atoms with Crippen LogP contribution in [0.4, 0.5) is 4.39 Å². The van der Waals surface area contributed by atoms with E-state index in [0.717, 1.165) is 5.56 Å². The molecule has 0 aromatic heterocycles. The van der Waals surface area contributed by atoms with Crippen LogP contribution >= 0.6 is 15.9 Å². The maximum absolute atomic E-state index is 13.5. The molecular formula is C14H12BrFO. The number of hydrogen-bond acceptors (Lipinski definition) is 1. The molecular weight excluding hydrogens is 283 g/mol. The highest BCUT2D eigenvalue weighted by molar-refractivity contribution is 9.09. The van der Waals surface area contributed by atoms with Crippen molar-refractivity contribution in [2.24, 2.45) is 0 Å². The quantitative estimate of drug-likeness (QED) is 0.849. The fourth-order valence-corrected chi connectivity index (χ4v) is 2.28. The van der Waals surface area contributed by atoms with Gasteiger partial charge in [-0.15, -0.1) is 0 Å². The number of benzene rings is 2. The van der Waals surface area contributed by atoms with Crippen LogP contribution in [0.5, 0.6) is 0 Å². The van der Waals surface area contributed by atoms with E-state index in [1.807, 2.05) is 30.3 Å². The lowest BCUT2D eigenvalue weighted by molar-refractivity contribution is 0.172. The molecule has 0 radical (unpaired) electrons. The van der Waals surface area contributed by atoms with Crippen LogP contribution in [0.2, 0.25) is 0 Å². The molecule has 88 valence electrons. The average molecular weight is 295 g/mol. The minimum atomic E-state index is -0.904. The Bertz CT molecular complexity index is 487. The van der Waals surface area contributed by atoms with Crippen LogP contribution in [0.3, 0.4) is 0 Å². The summed E-state index contributed by atoms with van der Waals surface area (Å²) in [6.07, 6.45) is -0.904. The predicted octanol–water partition coefficient (Wildman–Crippen LogP) is 4.00. The minimum absolute atomic E-state index is 0.304. The van der Waals surface area contributed by atoms with Crippen molar-refractivity contribution in [3.8, 4) is 0 Å². The number of aliphatic hydroxyl groups is 1. The van der Waals surface area contributed by atoms with Crippen molar-refractivity contribution in [2.45, 2.75) is 10.9 Å². The number of rotatable bonds is 3. The lowest BCUT2D eigenvalue weighted by Gasteiger charge is -2.18. The van der Waals surface area contributed by atoms with E-state index in [-0.39, 0.29) is 10.6 Å². The average Bonchev–Trinajstić information content (AvgIpc) is 2.39. The first-order valence-corrected chi connectivity index (χ1v) is 6.23. The van der Waals surface area contributed by atoms with Gasteiger partial charge in [0.1, 0.15) is 5.82 Å². The topological polar surface area (TPSA) is 20.2 Å². The maximum Gasteiger partial charge on any atom is 0.129 e. The highest BCUT2D eigenvalue weighted by Gasteiger charge is 2.22. The summed E-state index contributed by atoms with van der Waals surface area (Å²) in [7, 11) is 0. The SMILES string of the molecule is O[C@@H](c1ccccc1F)[C@@H](Br)c1ccccc1. The van der Waals surface area contributed by atoms with Crippen LogP contribution < -0.4 is 0 Å². The van der Waals surface area contributed by atoms with Gasteiger partial charge in [0.15, 0.2) is 0 Å². The molecule has 0 saturated carbocycles. The molecule has 0 fully saturated rings. The number of hydrogen-bond donors (Lipinski definition) is 1. The smallest absolute Gasteiger partial charge is 0.129 e. The summed E-state index contributed by atoms with van der Waals surface area (Å²) in [6, 6.07) is 15.7. The molecule has 0 aliphatic rings. The lowest BCUT2D eigenvalue weighted by atomic mass is 10.0. The molecule has 1 nitrogen and oxygen atoms in total. The first kappa shape index (κ1) is 12.3. The van der Waals surface area contributed by atoms with Crippen LogP contribution in [-0.2, 0) is 0 Å².